The zero-order chi connectivity index (χ0) is 18.5. The third kappa shape index (κ3) is 4.56. The number of ether oxygens (including phenoxy) is 1. The van der Waals surface area contributed by atoms with Crippen molar-refractivity contribution in [1.29, 1.82) is 0 Å². The number of halogens is 2. The van der Waals surface area contributed by atoms with Gasteiger partial charge in [0.1, 0.15) is 11.5 Å². The second-order valence-electron chi connectivity index (χ2n) is 5.86. The molecule has 1 saturated heterocycles. The largest absolute Gasteiger partial charge is 0.376 e. The second kappa shape index (κ2) is 8.25. The van der Waals surface area contributed by atoms with Crippen molar-refractivity contribution < 1.29 is 18.7 Å². The van der Waals surface area contributed by atoms with E-state index < -0.39 is 11.7 Å². The minimum absolute atomic E-state index is 0.0219. The third-order valence-corrected chi connectivity index (χ3v) is 4.24. The summed E-state index contributed by atoms with van der Waals surface area (Å²) in [4.78, 5) is 28.5. The summed E-state index contributed by atoms with van der Waals surface area (Å²) in [7, 11) is 0. The van der Waals surface area contributed by atoms with E-state index in [1.807, 2.05) is 0 Å². The van der Waals surface area contributed by atoms with Crippen molar-refractivity contribution in [3.8, 4) is 0 Å². The number of nitrogens with zero attached hydrogens (tertiary/aromatic N) is 1. The van der Waals surface area contributed by atoms with Crippen LogP contribution in [0.1, 0.15) is 33.7 Å². The van der Waals surface area contributed by atoms with Crippen molar-refractivity contribution in [2.45, 2.75) is 18.9 Å². The number of pyridine rings is 1. The lowest BCUT2D eigenvalue weighted by Gasteiger charge is -2.11. The SMILES string of the molecule is O=C(Nc1ccc(F)c(Cl)c1)c1ccnc(C(=O)NCC2CCCO2)c1. The van der Waals surface area contributed by atoms with Gasteiger partial charge in [-0.15, -0.1) is 0 Å². The van der Waals surface area contributed by atoms with E-state index in [9.17, 15) is 14.0 Å². The fourth-order valence-corrected chi connectivity index (χ4v) is 2.76. The summed E-state index contributed by atoms with van der Waals surface area (Å²) in [6.45, 7) is 1.12. The Kier molecular flexibility index (Phi) is 5.80. The van der Waals surface area contributed by atoms with E-state index >= 15 is 0 Å². The molecule has 1 aliphatic rings. The minimum Gasteiger partial charge on any atom is -0.376 e. The molecule has 1 aromatic heterocycles. The molecule has 0 saturated carbocycles. The van der Waals surface area contributed by atoms with Crippen LogP contribution in [0.25, 0.3) is 0 Å². The summed E-state index contributed by atoms with van der Waals surface area (Å²) in [5.41, 5.74) is 0.734. The first-order chi connectivity index (χ1) is 12.5. The Morgan fingerprint density at radius 3 is 2.85 bits per heavy atom. The van der Waals surface area contributed by atoms with Crippen LogP contribution in [-0.4, -0.2) is 36.1 Å². The van der Waals surface area contributed by atoms with Gasteiger partial charge in [0, 0.05) is 30.6 Å². The molecule has 1 unspecified atom stereocenters. The number of nitrogens with one attached hydrogen (secondary N) is 2. The van der Waals surface area contributed by atoms with Crippen molar-refractivity contribution in [1.82, 2.24) is 10.3 Å². The molecular formula is C18H17ClFN3O3. The van der Waals surface area contributed by atoms with Crippen molar-refractivity contribution in [3.63, 3.8) is 0 Å². The zero-order valence-electron chi connectivity index (χ0n) is 13.8. The molecule has 2 aromatic rings. The molecule has 0 aliphatic carbocycles. The third-order valence-electron chi connectivity index (χ3n) is 3.95. The van der Waals surface area contributed by atoms with Crippen LogP contribution in [0.2, 0.25) is 5.02 Å². The van der Waals surface area contributed by atoms with Crippen molar-refractivity contribution in [2.75, 3.05) is 18.5 Å². The maximum Gasteiger partial charge on any atom is 0.269 e. The number of anilines is 1. The molecule has 0 bridgehead atoms. The minimum atomic E-state index is -0.571. The highest BCUT2D eigenvalue weighted by atomic mass is 35.5. The molecule has 26 heavy (non-hydrogen) atoms. The molecule has 2 N–H and O–H groups in total. The monoisotopic (exact) mass is 377 g/mol. The fraction of sp³-hybridized carbons (Fsp3) is 0.278. The Morgan fingerprint density at radius 2 is 2.12 bits per heavy atom. The molecule has 6 nitrogen and oxygen atoms in total. The number of carbonyl (C=O) groups excluding carboxylic acids is 2. The van der Waals surface area contributed by atoms with Gasteiger partial charge in [-0.1, -0.05) is 11.6 Å². The number of benzene rings is 1. The molecule has 0 spiro atoms. The number of rotatable bonds is 5. The summed E-state index contributed by atoms with van der Waals surface area (Å²) in [5.74, 6) is -1.40. The zero-order valence-corrected chi connectivity index (χ0v) is 14.6. The molecule has 2 heterocycles. The van der Waals surface area contributed by atoms with Gasteiger partial charge in [-0.2, -0.15) is 0 Å². The van der Waals surface area contributed by atoms with E-state index in [1.165, 1.54) is 30.5 Å². The maximum absolute atomic E-state index is 13.2. The molecule has 1 aromatic carbocycles. The Balaban J connectivity index is 1.64. The number of hydrogen-bond acceptors (Lipinski definition) is 4. The molecule has 3 rings (SSSR count). The van der Waals surface area contributed by atoms with Gasteiger partial charge in [0.2, 0.25) is 0 Å². The lowest BCUT2D eigenvalue weighted by atomic mass is 10.2. The lowest BCUT2D eigenvalue weighted by molar-refractivity contribution is 0.0853. The van der Waals surface area contributed by atoms with E-state index in [0.717, 1.165) is 18.9 Å². The first-order valence-electron chi connectivity index (χ1n) is 8.15. The van der Waals surface area contributed by atoms with Gasteiger partial charge in [-0.3, -0.25) is 14.6 Å². The van der Waals surface area contributed by atoms with Gasteiger partial charge >= 0.3 is 0 Å². The van der Waals surface area contributed by atoms with Crippen molar-refractivity contribution in [3.05, 3.63) is 58.6 Å². The highest BCUT2D eigenvalue weighted by Gasteiger charge is 2.18. The average molecular weight is 378 g/mol. The van der Waals surface area contributed by atoms with Crippen LogP contribution in [0, 0.1) is 5.82 Å². The highest BCUT2D eigenvalue weighted by Crippen LogP contribution is 2.20. The second-order valence-corrected chi connectivity index (χ2v) is 6.27. The maximum atomic E-state index is 13.2. The predicted octanol–water partition coefficient (Wildman–Crippen LogP) is 3.04. The van der Waals surface area contributed by atoms with Gasteiger partial charge in [-0.25, -0.2) is 4.39 Å². The Morgan fingerprint density at radius 1 is 1.27 bits per heavy atom. The smallest absolute Gasteiger partial charge is 0.269 e. The van der Waals surface area contributed by atoms with Crippen LogP contribution in [0.15, 0.2) is 36.5 Å². The van der Waals surface area contributed by atoms with Crippen LogP contribution in [-0.2, 0) is 4.74 Å². The fourth-order valence-electron chi connectivity index (χ4n) is 2.58. The number of carbonyl (C=O) groups is 2. The Labute approximate surface area is 154 Å². The normalized spacial score (nSPS) is 16.3. The first kappa shape index (κ1) is 18.3. The summed E-state index contributed by atoms with van der Waals surface area (Å²) in [6.07, 6.45) is 3.31. The van der Waals surface area contributed by atoms with Crippen LogP contribution < -0.4 is 10.6 Å². The van der Waals surface area contributed by atoms with Gasteiger partial charge in [0.25, 0.3) is 11.8 Å². The van der Waals surface area contributed by atoms with Crippen molar-refractivity contribution in [2.24, 2.45) is 0 Å². The molecule has 8 heteroatoms. The molecule has 0 radical (unpaired) electrons. The van der Waals surface area contributed by atoms with E-state index in [0.29, 0.717) is 18.8 Å². The summed E-state index contributed by atoms with van der Waals surface area (Å²) in [6, 6.07) is 6.75. The molecule has 1 atom stereocenters. The van der Waals surface area contributed by atoms with Crippen LogP contribution in [0.3, 0.4) is 0 Å². The van der Waals surface area contributed by atoms with Crippen molar-refractivity contribution >= 4 is 29.1 Å². The molecule has 1 fully saturated rings. The standard InChI is InChI=1S/C18H17ClFN3O3/c19-14-9-12(3-4-15(14)20)23-17(24)11-5-6-21-16(8-11)18(25)22-10-13-2-1-7-26-13/h3-6,8-9,13H,1-2,7,10H2,(H,22,25)(H,23,24). The van der Waals surface area contributed by atoms with Gasteiger partial charge in [0.15, 0.2) is 0 Å². The number of hydrogen-bond donors (Lipinski definition) is 2. The lowest BCUT2D eigenvalue weighted by Crippen LogP contribution is -2.32. The summed E-state index contributed by atoms with van der Waals surface area (Å²) in [5, 5.41) is 5.26. The van der Waals surface area contributed by atoms with Crippen LogP contribution in [0.4, 0.5) is 10.1 Å². The highest BCUT2D eigenvalue weighted by molar-refractivity contribution is 6.31. The summed E-state index contributed by atoms with van der Waals surface area (Å²) < 4.78 is 18.6. The molecule has 2 amide bonds. The summed E-state index contributed by atoms with van der Waals surface area (Å²) >= 11 is 5.70. The quantitative estimate of drug-likeness (QED) is 0.839. The Hall–Kier alpha value is -2.51. The Bertz CT molecular complexity index is 825. The molecular weight excluding hydrogens is 361 g/mol. The van der Waals surface area contributed by atoms with E-state index in [-0.39, 0.29) is 28.3 Å². The van der Waals surface area contributed by atoms with E-state index in [4.69, 9.17) is 16.3 Å². The van der Waals surface area contributed by atoms with Gasteiger partial charge < -0.3 is 15.4 Å². The molecule has 136 valence electrons. The van der Waals surface area contributed by atoms with Crippen LogP contribution >= 0.6 is 11.6 Å². The first-order valence-corrected chi connectivity index (χ1v) is 8.53. The number of aromatic nitrogens is 1. The molecule has 1 aliphatic heterocycles. The van der Waals surface area contributed by atoms with Gasteiger partial charge in [0.05, 0.1) is 11.1 Å². The average Bonchev–Trinajstić information content (AvgIpc) is 3.16. The predicted molar refractivity (Wildman–Crippen MR) is 94.9 cm³/mol. The van der Waals surface area contributed by atoms with E-state index in [2.05, 4.69) is 15.6 Å². The number of amides is 2. The topological polar surface area (TPSA) is 80.3 Å². The van der Waals surface area contributed by atoms with E-state index in [1.54, 1.807) is 0 Å². The van der Waals surface area contributed by atoms with Gasteiger partial charge in [-0.05, 0) is 43.2 Å². The van der Waals surface area contributed by atoms with Crippen LogP contribution in [0.5, 0.6) is 0 Å².